The number of fused-ring (bicyclic) bond motifs is 1. The van der Waals surface area contributed by atoms with E-state index in [1.54, 1.807) is 16.7 Å². The molecule has 0 unspecified atom stereocenters. The van der Waals surface area contributed by atoms with E-state index in [1.807, 2.05) is 0 Å². The fourth-order valence-corrected chi connectivity index (χ4v) is 3.16. The van der Waals surface area contributed by atoms with Gasteiger partial charge >= 0.3 is 0 Å². The van der Waals surface area contributed by atoms with Crippen LogP contribution in [-0.2, 0) is 0 Å². The maximum atomic E-state index is 2.39. The van der Waals surface area contributed by atoms with Gasteiger partial charge in [0.1, 0.15) is 0 Å². The second-order valence-electron chi connectivity index (χ2n) is 5.79. The first-order valence-electron chi connectivity index (χ1n) is 5.96. The molecule has 0 aromatic rings. The molecule has 0 saturated carbocycles. The Hall–Kier alpha value is -0.780. The molecule has 2 aliphatic carbocycles. The molecular formula is C15H22. The number of allylic oxidation sites excluding steroid dienone is 6. The van der Waals surface area contributed by atoms with Crippen LogP contribution in [0.1, 0.15) is 54.4 Å². The Balaban J connectivity index is 2.70. The highest BCUT2D eigenvalue weighted by Gasteiger charge is 2.36. The molecule has 0 atom stereocenters. The summed E-state index contributed by atoms with van der Waals surface area (Å²) in [5, 5.41) is 0. The van der Waals surface area contributed by atoms with Crippen molar-refractivity contribution in [2.45, 2.75) is 54.4 Å². The first kappa shape index (κ1) is 10.7. The summed E-state index contributed by atoms with van der Waals surface area (Å²) < 4.78 is 0. The second kappa shape index (κ2) is 3.10. The van der Waals surface area contributed by atoms with Crippen molar-refractivity contribution in [1.29, 1.82) is 0 Å². The van der Waals surface area contributed by atoms with E-state index in [-0.39, 0.29) is 0 Å². The molecule has 0 aliphatic heterocycles. The summed E-state index contributed by atoms with van der Waals surface area (Å²) in [5.41, 5.74) is 9.74. The van der Waals surface area contributed by atoms with Crippen molar-refractivity contribution in [1.82, 2.24) is 0 Å². The van der Waals surface area contributed by atoms with Gasteiger partial charge in [-0.2, -0.15) is 0 Å². The minimum absolute atomic E-state index is 0.373. The molecule has 0 nitrogen and oxygen atoms in total. The van der Waals surface area contributed by atoms with Crippen molar-refractivity contribution >= 4 is 0 Å². The molecule has 0 heteroatoms. The zero-order valence-corrected chi connectivity index (χ0v) is 10.9. The van der Waals surface area contributed by atoms with Gasteiger partial charge in [0.2, 0.25) is 0 Å². The molecule has 0 N–H and O–H groups in total. The zero-order chi connectivity index (χ0) is 11.4. The molecule has 0 aromatic heterocycles. The SMILES string of the molecule is CC1=C2C(C)=C(C)C(C)=C2C(C)(C)CC1. The van der Waals surface area contributed by atoms with Gasteiger partial charge in [0.05, 0.1) is 0 Å². The second-order valence-corrected chi connectivity index (χ2v) is 5.79. The zero-order valence-electron chi connectivity index (χ0n) is 10.9. The summed E-state index contributed by atoms with van der Waals surface area (Å²) in [7, 11) is 0. The van der Waals surface area contributed by atoms with E-state index < -0.39 is 0 Å². The van der Waals surface area contributed by atoms with Gasteiger partial charge in [-0.15, -0.1) is 0 Å². The van der Waals surface area contributed by atoms with Gasteiger partial charge in [-0.3, -0.25) is 0 Å². The largest absolute Gasteiger partial charge is 0.0655 e. The Morgan fingerprint density at radius 1 is 0.867 bits per heavy atom. The molecule has 0 spiro atoms. The summed E-state index contributed by atoms with van der Waals surface area (Å²) in [5.74, 6) is 0. The van der Waals surface area contributed by atoms with E-state index in [1.165, 1.54) is 29.6 Å². The first-order chi connectivity index (χ1) is 6.86. The van der Waals surface area contributed by atoms with Gasteiger partial charge in [0, 0.05) is 0 Å². The van der Waals surface area contributed by atoms with Crippen LogP contribution in [0.25, 0.3) is 0 Å². The molecule has 15 heavy (non-hydrogen) atoms. The maximum absolute atomic E-state index is 2.39. The predicted molar refractivity (Wildman–Crippen MR) is 66.8 cm³/mol. The molecule has 0 saturated heterocycles. The van der Waals surface area contributed by atoms with Crippen molar-refractivity contribution in [3.8, 4) is 0 Å². The van der Waals surface area contributed by atoms with E-state index in [0.717, 1.165) is 0 Å². The summed E-state index contributed by atoms with van der Waals surface area (Å²) in [6.07, 6.45) is 2.57. The Bertz CT molecular complexity index is 411. The summed E-state index contributed by atoms with van der Waals surface area (Å²) in [6.45, 7) is 13.9. The average molecular weight is 202 g/mol. The van der Waals surface area contributed by atoms with Gasteiger partial charge in [-0.05, 0) is 73.8 Å². The number of hydrogen-bond acceptors (Lipinski definition) is 0. The summed E-state index contributed by atoms with van der Waals surface area (Å²) in [6, 6.07) is 0. The first-order valence-corrected chi connectivity index (χ1v) is 5.96. The maximum Gasteiger partial charge on any atom is -0.00918 e. The third kappa shape index (κ3) is 1.34. The van der Waals surface area contributed by atoms with Crippen LogP contribution in [0.4, 0.5) is 0 Å². The van der Waals surface area contributed by atoms with Crippen LogP contribution < -0.4 is 0 Å². The van der Waals surface area contributed by atoms with Crippen LogP contribution in [-0.4, -0.2) is 0 Å². The Morgan fingerprint density at radius 3 is 2.00 bits per heavy atom. The lowest BCUT2D eigenvalue weighted by Crippen LogP contribution is -2.21. The minimum Gasteiger partial charge on any atom is -0.0655 e. The van der Waals surface area contributed by atoms with E-state index in [0.29, 0.717) is 5.41 Å². The Kier molecular flexibility index (Phi) is 2.22. The van der Waals surface area contributed by atoms with Crippen molar-refractivity contribution in [3.05, 3.63) is 33.4 Å². The van der Waals surface area contributed by atoms with Crippen LogP contribution in [0.2, 0.25) is 0 Å². The van der Waals surface area contributed by atoms with Gasteiger partial charge in [0.25, 0.3) is 0 Å². The van der Waals surface area contributed by atoms with E-state index in [2.05, 4.69) is 41.5 Å². The molecule has 0 heterocycles. The number of rotatable bonds is 0. The van der Waals surface area contributed by atoms with Crippen LogP contribution in [0.15, 0.2) is 33.4 Å². The highest BCUT2D eigenvalue weighted by molar-refractivity contribution is 5.66. The van der Waals surface area contributed by atoms with Crippen molar-refractivity contribution in [2.24, 2.45) is 5.41 Å². The Labute approximate surface area is 93.8 Å². The highest BCUT2D eigenvalue weighted by atomic mass is 14.4. The van der Waals surface area contributed by atoms with Gasteiger partial charge in [-0.1, -0.05) is 19.4 Å². The standard InChI is InChI=1S/C15H22/c1-9-7-8-15(5,6)14-12(4)10(2)11(3)13(9)14/h7-8H2,1-6H3. The van der Waals surface area contributed by atoms with Gasteiger partial charge < -0.3 is 0 Å². The van der Waals surface area contributed by atoms with Crippen molar-refractivity contribution < 1.29 is 0 Å². The summed E-state index contributed by atoms with van der Waals surface area (Å²) >= 11 is 0. The van der Waals surface area contributed by atoms with Crippen molar-refractivity contribution in [3.63, 3.8) is 0 Å². The van der Waals surface area contributed by atoms with Crippen LogP contribution >= 0.6 is 0 Å². The fourth-order valence-electron chi connectivity index (χ4n) is 3.16. The molecule has 0 amide bonds. The number of hydrogen-bond donors (Lipinski definition) is 0. The molecule has 82 valence electrons. The summed E-state index contributed by atoms with van der Waals surface area (Å²) in [4.78, 5) is 0. The van der Waals surface area contributed by atoms with Gasteiger partial charge in [0.15, 0.2) is 0 Å². The molecule has 0 bridgehead atoms. The normalized spacial score (nSPS) is 25.2. The smallest absolute Gasteiger partial charge is 0.00918 e. The van der Waals surface area contributed by atoms with Crippen molar-refractivity contribution in [2.75, 3.05) is 0 Å². The molecular weight excluding hydrogens is 180 g/mol. The average Bonchev–Trinajstić information content (AvgIpc) is 2.39. The fraction of sp³-hybridized carbons (Fsp3) is 0.600. The monoisotopic (exact) mass is 202 g/mol. The lowest BCUT2D eigenvalue weighted by atomic mass is 9.69. The molecule has 0 radical (unpaired) electrons. The third-order valence-electron chi connectivity index (χ3n) is 4.35. The molecule has 2 aliphatic rings. The lowest BCUT2D eigenvalue weighted by Gasteiger charge is -2.35. The van der Waals surface area contributed by atoms with E-state index in [9.17, 15) is 0 Å². The Morgan fingerprint density at radius 2 is 1.47 bits per heavy atom. The highest BCUT2D eigenvalue weighted by Crippen LogP contribution is 2.52. The molecule has 0 fully saturated rings. The van der Waals surface area contributed by atoms with E-state index >= 15 is 0 Å². The minimum atomic E-state index is 0.373. The van der Waals surface area contributed by atoms with E-state index in [4.69, 9.17) is 0 Å². The van der Waals surface area contributed by atoms with Gasteiger partial charge in [-0.25, -0.2) is 0 Å². The van der Waals surface area contributed by atoms with Crippen LogP contribution in [0.5, 0.6) is 0 Å². The quantitative estimate of drug-likeness (QED) is 0.530. The van der Waals surface area contributed by atoms with Crippen LogP contribution in [0, 0.1) is 5.41 Å². The van der Waals surface area contributed by atoms with Crippen LogP contribution in [0.3, 0.4) is 0 Å². The molecule has 0 aromatic carbocycles. The predicted octanol–water partition coefficient (Wildman–Crippen LogP) is 4.79. The third-order valence-corrected chi connectivity index (χ3v) is 4.35. The lowest BCUT2D eigenvalue weighted by molar-refractivity contribution is 0.397. The topological polar surface area (TPSA) is 0 Å². The molecule has 2 rings (SSSR count).